The summed E-state index contributed by atoms with van der Waals surface area (Å²) in [5, 5.41) is 3.72. The minimum Gasteiger partial charge on any atom is -0.495 e. The van der Waals surface area contributed by atoms with E-state index in [1.165, 1.54) is 14.2 Å². The number of benzene rings is 1. The van der Waals surface area contributed by atoms with Crippen LogP contribution in [0, 0.1) is 0 Å². The largest absolute Gasteiger partial charge is 0.495 e. The minimum atomic E-state index is -0.383. The van der Waals surface area contributed by atoms with Gasteiger partial charge in [-0.05, 0) is 30.8 Å². The molecule has 242 valence electrons. The van der Waals surface area contributed by atoms with E-state index in [-0.39, 0.29) is 19.4 Å². The van der Waals surface area contributed by atoms with Crippen molar-refractivity contribution in [3.8, 4) is 5.75 Å². The Morgan fingerprint density at radius 2 is 1.70 bits per heavy atom. The van der Waals surface area contributed by atoms with Crippen LogP contribution in [0.3, 0.4) is 0 Å². The van der Waals surface area contributed by atoms with Gasteiger partial charge in [-0.3, -0.25) is 9.63 Å². The number of hydrogen-bond donors (Lipinski definition) is 2. The van der Waals surface area contributed by atoms with Gasteiger partial charge in [-0.15, -0.1) is 0 Å². The standard InChI is InChI=1S/C27H33ClN8O3.2C2H6.H2S/c1-4-34-9-11-35(12-10-34)24-6-5-20(16-29-24)31-27-30-15-19-17-36(8-7-21(19)32-27)22-13-18(26(37)33-39-3)14-23(38-2)25(22)28;2*1-2;/h5-6,13-16H,4,7-12,17H2,1-3H3,(H,33,37)(H,30,31,32);2*1-2H3;1H2. The van der Waals surface area contributed by atoms with Crippen LogP contribution in [-0.2, 0) is 17.8 Å². The molecule has 0 bridgehead atoms. The third-order valence-corrected chi connectivity index (χ3v) is 7.50. The highest BCUT2D eigenvalue weighted by Gasteiger charge is 2.24. The molecule has 4 heterocycles. The van der Waals surface area contributed by atoms with E-state index in [2.05, 4.69) is 42.4 Å². The molecule has 0 spiro atoms. The number of anilines is 4. The van der Waals surface area contributed by atoms with Gasteiger partial charge in [-0.1, -0.05) is 46.2 Å². The lowest BCUT2D eigenvalue weighted by Gasteiger charge is -2.34. The van der Waals surface area contributed by atoms with Crippen LogP contribution in [0.15, 0.2) is 36.7 Å². The van der Waals surface area contributed by atoms with E-state index in [0.29, 0.717) is 47.5 Å². The van der Waals surface area contributed by atoms with Crippen molar-refractivity contribution in [3.05, 3.63) is 58.5 Å². The fourth-order valence-corrected chi connectivity index (χ4v) is 5.20. The van der Waals surface area contributed by atoms with Gasteiger partial charge in [0.15, 0.2) is 0 Å². The zero-order valence-corrected chi connectivity index (χ0v) is 28.7. The summed E-state index contributed by atoms with van der Waals surface area (Å²) in [5.74, 6) is 1.56. The Labute approximate surface area is 273 Å². The number of carbonyl (C=O) groups excluding carboxylic acids is 1. The molecular weight excluding hydrogens is 600 g/mol. The van der Waals surface area contributed by atoms with Gasteiger partial charge < -0.3 is 24.8 Å². The number of amides is 1. The number of carbonyl (C=O) groups is 1. The van der Waals surface area contributed by atoms with Gasteiger partial charge >= 0.3 is 0 Å². The average molecular weight is 647 g/mol. The number of hydroxylamine groups is 1. The van der Waals surface area contributed by atoms with Gasteiger partial charge in [-0.2, -0.15) is 13.5 Å². The molecular formula is C31H47ClN8O3S. The van der Waals surface area contributed by atoms with E-state index < -0.39 is 0 Å². The van der Waals surface area contributed by atoms with E-state index in [4.69, 9.17) is 26.2 Å². The van der Waals surface area contributed by atoms with Gasteiger partial charge in [-0.25, -0.2) is 20.4 Å². The van der Waals surface area contributed by atoms with E-state index >= 15 is 0 Å². The summed E-state index contributed by atoms with van der Waals surface area (Å²) in [4.78, 5) is 38.0. The van der Waals surface area contributed by atoms with Gasteiger partial charge in [0.1, 0.15) is 16.6 Å². The Morgan fingerprint density at radius 3 is 2.32 bits per heavy atom. The molecule has 0 unspecified atom stereocenters. The lowest BCUT2D eigenvalue weighted by atomic mass is 10.1. The molecule has 1 amide bonds. The maximum atomic E-state index is 12.4. The van der Waals surface area contributed by atoms with Crippen LogP contribution in [0.25, 0.3) is 0 Å². The Morgan fingerprint density at radius 1 is 0.977 bits per heavy atom. The maximum Gasteiger partial charge on any atom is 0.275 e. The molecule has 44 heavy (non-hydrogen) atoms. The second-order valence-corrected chi connectivity index (χ2v) is 9.81. The predicted octanol–water partition coefficient (Wildman–Crippen LogP) is 5.44. The number of rotatable bonds is 8. The molecule has 1 fully saturated rings. The number of fused-ring (bicyclic) bond motifs is 1. The molecule has 2 aromatic heterocycles. The van der Waals surface area contributed by atoms with Crippen molar-refractivity contribution in [2.45, 2.75) is 47.6 Å². The Bertz CT molecular complexity index is 1320. The van der Waals surface area contributed by atoms with E-state index in [9.17, 15) is 4.79 Å². The van der Waals surface area contributed by atoms with Crippen molar-refractivity contribution in [3.63, 3.8) is 0 Å². The third kappa shape index (κ3) is 9.10. The lowest BCUT2D eigenvalue weighted by molar-refractivity contribution is 0.0537. The molecule has 0 saturated carbocycles. The van der Waals surface area contributed by atoms with Crippen LogP contribution >= 0.6 is 25.1 Å². The van der Waals surface area contributed by atoms with E-state index in [1.807, 2.05) is 52.2 Å². The van der Waals surface area contributed by atoms with Crippen molar-refractivity contribution in [2.75, 3.05) is 68.6 Å². The number of ether oxygens (including phenoxy) is 1. The molecule has 0 radical (unpaired) electrons. The zero-order valence-electron chi connectivity index (χ0n) is 26.9. The number of hydrogen-bond acceptors (Lipinski definition) is 10. The van der Waals surface area contributed by atoms with Crippen molar-refractivity contribution >= 4 is 54.1 Å². The van der Waals surface area contributed by atoms with Gasteiger partial charge in [0.05, 0.1) is 37.5 Å². The number of halogens is 1. The highest BCUT2D eigenvalue weighted by Crippen LogP contribution is 2.38. The number of likely N-dealkylation sites (N-methyl/N-ethyl adjacent to an activating group) is 1. The first-order valence-corrected chi connectivity index (χ1v) is 15.4. The quantitative estimate of drug-likeness (QED) is 0.307. The van der Waals surface area contributed by atoms with Crippen molar-refractivity contribution < 1.29 is 14.4 Å². The summed E-state index contributed by atoms with van der Waals surface area (Å²) in [6.07, 6.45) is 4.35. The second-order valence-electron chi connectivity index (χ2n) is 9.44. The number of nitrogens with one attached hydrogen (secondary N) is 2. The fourth-order valence-electron chi connectivity index (χ4n) is 4.90. The van der Waals surface area contributed by atoms with Crippen LogP contribution in [-0.4, -0.2) is 79.2 Å². The highest BCUT2D eigenvalue weighted by atomic mass is 35.5. The fraction of sp³-hybridized carbons (Fsp3) is 0.484. The highest BCUT2D eigenvalue weighted by molar-refractivity contribution is 7.59. The van der Waals surface area contributed by atoms with Crippen molar-refractivity contribution in [1.29, 1.82) is 0 Å². The number of piperazine rings is 1. The number of methoxy groups -OCH3 is 1. The van der Waals surface area contributed by atoms with Gasteiger partial charge in [0, 0.05) is 63.0 Å². The first-order chi connectivity index (χ1) is 21.0. The summed E-state index contributed by atoms with van der Waals surface area (Å²) in [6, 6.07) is 7.38. The topological polar surface area (TPSA) is 108 Å². The Hall–Kier alpha value is -3.32. The number of nitrogens with zero attached hydrogens (tertiary/aromatic N) is 6. The summed E-state index contributed by atoms with van der Waals surface area (Å²) < 4.78 is 5.42. The van der Waals surface area contributed by atoms with Gasteiger partial charge in [0.25, 0.3) is 5.91 Å². The molecule has 0 aliphatic carbocycles. The summed E-state index contributed by atoms with van der Waals surface area (Å²) in [6.45, 7) is 16.6. The molecule has 11 nitrogen and oxygen atoms in total. The Balaban J connectivity index is 0.00000130. The maximum absolute atomic E-state index is 12.4. The van der Waals surface area contributed by atoms with Crippen LogP contribution in [0.4, 0.5) is 23.1 Å². The molecule has 1 saturated heterocycles. The van der Waals surface area contributed by atoms with E-state index in [1.54, 1.807) is 12.1 Å². The van der Waals surface area contributed by atoms with E-state index in [0.717, 1.165) is 55.5 Å². The molecule has 0 atom stereocenters. The van der Waals surface area contributed by atoms with Crippen molar-refractivity contribution in [2.24, 2.45) is 0 Å². The second kappa shape index (κ2) is 18.5. The molecule has 3 aromatic rings. The molecule has 13 heteroatoms. The minimum absolute atomic E-state index is 0. The molecule has 2 aliphatic rings. The van der Waals surface area contributed by atoms with Crippen LogP contribution in [0.2, 0.25) is 5.02 Å². The summed E-state index contributed by atoms with van der Waals surface area (Å²) in [7, 11) is 2.91. The molecule has 5 rings (SSSR count). The normalized spacial score (nSPS) is 14.1. The Kier molecular flexibility index (Phi) is 15.5. The molecule has 2 N–H and O–H groups in total. The van der Waals surface area contributed by atoms with Crippen molar-refractivity contribution in [1.82, 2.24) is 25.3 Å². The lowest BCUT2D eigenvalue weighted by Crippen LogP contribution is -2.46. The zero-order chi connectivity index (χ0) is 31.4. The summed E-state index contributed by atoms with van der Waals surface area (Å²) >= 11 is 6.63. The first kappa shape index (κ1) is 36.9. The number of aromatic nitrogens is 3. The predicted molar refractivity (Wildman–Crippen MR) is 184 cm³/mol. The first-order valence-electron chi connectivity index (χ1n) is 15.0. The number of pyridine rings is 1. The van der Waals surface area contributed by atoms with Crippen LogP contribution in [0.5, 0.6) is 5.75 Å². The average Bonchev–Trinajstić information content (AvgIpc) is 3.07. The third-order valence-electron chi connectivity index (χ3n) is 7.12. The monoisotopic (exact) mass is 646 g/mol. The smallest absolute Gasteiger partial charge is 0.275 e. The molecule has 2 aliphatic heterocycles. The summed E-state index contributed by atoms with van der Waals surface area (Å²) in [5.41, 5.74) is 6.23. The van der Waals surface area contributed by atoms with Crippen LogP contribution < -0.4 is 25.3 Å². The molecule has 1 aromatic carbocycles. The SMILES string of the molecule is CC.CC.CCN1CCN(c2ccc(Nc3ncc4c(n3)CCN(c3cc(C(=O)NOC)cc(OC)c3Cl)C4)cn2)CC1.S. The van der Waals surface area contributed by atoms with Crippen LogP contribution in [0.1, 0.15) is 56.2 Å². The van der Waals surface area contributed by atoms with Gasteiger partial charge in [0.2, 0.25) is 5.95 Å².